The predicted octanol–water partition coefficient (Wildman–Crippen LogP) is 9.48. The Morgan fingerprint density at radius 2 is 1.19 bits per heavy atom. The molecule has 2 nitrogen and oxygen atoms in total. The number of hydrogen-bond donors (Lipinski definition) is 0. The molecule has 8 aromatic rings. The fourth-order valence-corrected chi connectivity index (χ4v) is 6.48. The third-order valence-corrected chi connectivity index (χ3v) is 7.91. The minimum atomic E-state index is 0.929. The second kappa shape index (κ2) is 6.44. The molecule has 2 aromatic heterocycles. The summed E-state index contributed by atoms with van der Waals surface area (Å²) >= 11 is 0. The highest BCUT2D eigenvalue weighted by atomic mass is 16.3. The molecule has 0 N–H and O–H groups in total. The summed E-state index contributed by atoms with van der Waals surface area (Å²) in [6, 6.07) is 41.5. The molecule has 0 atom stereocenters. The molecule has 0 saturated carbocycles. The van der Waals surface area contributed by atoms with Crippen LogP contribution in [0.4, 0.5) is 0 Å². The minimum Gasteiger partial charge on any atom is -0.455 e. The van der Waals surface area contributed by atoms with Crippen LogP contribution < -0.4 is 0 Å². The van der Waals surface area contributed by atoms with Crippen LogP contribution in [0.1, 0.15) is 0 Å². The third kappa shape index (κ3) is 2.14. The van der Waals surface area contributed by atoms with Crippen molar-refractivity contribution in [1.82, 2.24) is 4.57 Å². The van der Waals surface area contributed by atoms with Gasteiger partial charge in [-0.15, -0.1) is 0 Å². The Kier molecular flexibility index (Phi) is 3.31. The molecule has 0 bridgehead atoms. The van der Waals surface area contributed by atoms with Gasteiger partial charge in [0.2, 0.25) is 0 Å². The molecule has 2 heterocycles. The first-order chi connectivity index (χ1) is 17.9. The number of para-hydroxylation sites is 2. The lowest BCUT2D eigenvalue weighted by atomic mass is 9.98. The van der Waals surface area contributed by atoms with Crippen LogP contribution in [-0.4, -0.2) is 4.57 Å². The van der Waals surface area contributed by atoms with E-state index in [2.05, 4.69) is 114 Å². The summed E-state index contributed by atoms with van der Waals surface area (Å²) in [6.07, 6.45) is 0. The summed E-state index contributed by atoms with van der Waals surface area (Å²) in [5.41, 5.74) is 10.7. The van der Waals surface area contributed by atoms with E-state index in [0.29, 0.717) is 0 Å². The van der Waals surface area contributed by atoms with Gasteiger partial charge in [-0.25, -0.2) is 0 Å². The van der Waals surface area contributed by atoms with E-state index in [4.69, 9.17) is 4.42 Å². The number of aromatic nitrogens is 1. The molecule has 166 valence electrons. The summed E-state index contributed by atoms with van der Waals surface area (Å²) in [7, 11) is 0. The number of nitrogens with zero attached hydrogens (tertiary/aromatic N) is 1. The molecule has 6 aromatic carbocycles. The van der Waals surface area contributed by atoms with Gasteiger partial charge in [-0.05, 0) is 64.0 Å². The highest BCUT2D eigenvalue weighted by molar-refractivity contribution is 6.31. The number of rotatable bonds is 1. The maximum Gasteiger partial charge on any atom is 0.145 e. The van der Waals surface area contributed by atoms with Crippen molar-refractivity contribution in [2.75, 3.05) is 0 Å². The van der Waals surface area contributed by atoms with Crippen LogP contribution in [0, 0.1) is 0 Å². The Hall–Kier alpha value is -4.82. The number of benzene rings is 6. The van der Waals surface area contributed by atoms with Gasteiger partial charge in [0, 0.05) is 27.2 Å². The average molecular weight is 458 g/mol. The molecule has 0 unspecified atom stereocenters. The van der Waals surface area contributed by atoms with Crippen LogP contribution in [0.3, 0.4) is 0 Å². The van der Waals surface area contributed by atoms with Crippen molar-refractivity contribution < 1.29 is 4.42 Å². The van der Waals surface area contributed by atoms with Gasteiger partial charge in [-0.1, -0.05) is 78.9 Å². The molecule has 0 fully saturated rings. The highest BCUT2D eigenvalue weighted by Crippen LogP contribution is 2.51. The molecular weight excluding hydrogens is 438 g/mol. The standard InChI is InChI=1S/C34H19NO/c1-2-9-20(10-3-1)35-29-18-17-25-23-13-6-7-16-30(23)36-34(25)32(29)28-19-27-22-12-5-4-11-21(22)24-14-8-15-26(31(24)27)33(28)35/h1-19H. The molecule has 0 radical (unpaired) electrons. The summed E-state index contributed by atoms with van der Waals surface area (Å²) in [5.74, 6) is 0. The molecule has 0 amide bonds. The highest BCUT2D eigenvalue weighted by Gasteiger charge is 2.26. The second-order valence-corrected chi connectivity index (χ2v) is 9.70. The summed E-state index contributed by atoms with van der Waals surface area (Å²) in [6.45, 7) is 0. The number of fused-ring (bicyclic) bond motifs is 11. The topological polar surface area (TPSA) is 18.1 Å². The van der Waals surface area contributed by atoms with Crippen molar-refractivity contribution in [3.8, 4) is 27.9 Å². The summed E-state index contributed by atoms with van der Waals surface area (Å²) in [5, 5.41) is 7.35. The van der Waals surface area contributed by atoms with Crippen molar-refractivity contribution in [1.29, 1.82) is 0 Å². The molecule has 0 saturated heterocycles. The molecular formula is C34H19NO. The Labute approximate surface area is 206 Å². The van der Waals surface area contributed by atoms with Crippen molar-refractivity contribution in [3.05, 3.63) is 115 Å². The van der Waals surface area contributed by atoms with Gasteiger partial charge in [0.15, 0.2) is 0 Å². The third-order valence-electron chi connectivity index (χ3n) is 7.91. The van der Waals surface area contributed by atoms with E-state index >= 15 is 0 Å². The molecule has 0 spiro atoms. The largest absolute Gasteiger partial charge is 0.455 e. The van der Waals surface area contributed by atoms with Crippen molar-refractivity contribution in [2.45, 2.75) is 0 Å². The Morgan fingerprint density at radius 1 is 0.472 bits per heavy atom. The maximum atomic E-state index is 6.58. The minimum absolute atomic E-state index is 0.929. The Bertz CT molecular complexity index is 2190. The van der Waals surface area contributed by atoms with Gasteiger partial charge >= 0.3 is 0 Å². The molecule has 2 heteroatoms. The average Bonchev–Trinajstić information content (AvgIpc) is 3.58. The van der Waals surface area contributed by atoms with E-state index in [1.54, 1.807) is 0 Å². The van der Waals surface area contributed by atoms with Gasteiger partial charge in [0.1, 0.15) is 11.2 Å². The number of furan rings is 1. The van der Waals surface area contributed by atoms with E-state index in [1.165, 1.54) is 54.8 Å². The van der Waals surface area contributed by atoms with E-state index in [0.717, 1.165) is 27.6 Å². The first kappa shape index (κ1) is 18.5. The Balaban J connectivity index is 1.59. The fourth-order valence-electron chi connectivity index (χ4n) is 6.48. The monoisotopic (exact) mass is 457 g/mol. The zero-order valence-corrected chi connectivity index (χ0v) is 19.3. The van der Waals surface area contributed by atoms with Crippen molar-refractivity contribution in [2.24, 2.45) is 0 Å². The SMILES string of the molecule is c1ccc(-n2c3ccc4c5ccccc5oc4c3c3cc4c5c(cccc5c32)-c2ccccc2-4)cc1. The van der Waals surface area contributed by atoms with Crippen LogP contribution in [-0.2, 0) is 0 Å². The maximum absolute atomic E-state index is 6.58. The molecule has 9 rings (SSSR count). The molecule has 1 aliphatic rings. The van der Waals surface area contributed by atoms with E-state index in [1.807, 2.05) is 6.07 Å². The van der Waals surface area contributed by atoms with Gasteiger partial charge in [0.25, 0.3) is 0 Å². The smallest absolute Gasteiger partial charge is 0.145 e. The lowest BCUT2D eigenvalue weighted by Gasteiger charge is -2.11. The van der Waals surface area contributed by atoms with Crippen molar-refractivity contribution in [3.63, 3.8) is 0 Å². The molecule has 0 aliphatic heterocycles. The van der Waals surface area contributed by atoms with Gasteiger partial charge < -0.3 is 8.98 Å². The van der Waals surface area contributed by atoms with Crippen LogP contribution in [0.25, 0.3) is 82.5 Å². The lowest BCUT2D eigenvalue weighted by Crippen LogP contribution is -1.94. The lowest BCUT2D eigenvalue weighted by molar-refractivity contribution is 0.673. The zero-order valence-electron chi connectivity index (χ0n) is 19.3. The van der Waals surface area contributed by atoms with E-state index in [9.17, 15) is 0 Å². The molecule has 1 aliphatic carbocycles. The van der Waals surface area contributed by atoms with Gasteiger partial charge in [-0.2, -0.15) is 0 Å². The zero-order chi connectivity index (χ0) is 23.4. The van der Waals surface area contributed by atoms with E-state index in [-0.39, 0.29) is 0 Å². The second-order valence-electron chi connectivity index (χ2n) is 9.70. The first-order valence-corrected chi connectivity index (χ1v) is 12.4. The molecule has 36 heavy (non-hydrogen) atoms. The fraction of sp³-hybridized carbons (Fsp3) is 0. The van der Waals surface area contributed by atoms with Gasteiger partial charge in [-0.3, -0.25) is 0 Å². The van der Waals surface area contributed by atoms with E-state index < -0.39 is 0 Å². The van der Waals surface area contributed by atoms with Crippen LogP contribution >= 0.6 is 0 Å². The normalized spacial score (nSPS) is 12.4. The Morgan fingerprint density at radius 3 is 2.08 bits per heavy atom. The number of hydrogen-bond acceptors (Lipinski definition) is 1. The van der Waals surface area contributed by atoms with Gasteiger partial charge in [0.05, 0.1) is 16.4 Å². The summed E-state index contributed by atoms with van der Waals surface area (Å²) in [4.78, 5) is 0. The van der Waals surface area contributed by atoms with Crippen LogP contribution in [0.5, 0.6) is 0 Å². The van der Waals surface area contributed by atoms with Crippen molar-refractivity contribution >= 4 is 54.5 Å². The summed E-state index contributed by atoms with van der Waals surface area (Å²) < 4.78 is 9.00. The van der Waals surface area contributed by atoms with Crippen LogP contribution in [0.15, 0.2) is 120 Å². The first-order valence-electron chi connectivity index (χ1n) is 12.4. The van der Waals surface area contributed by atoms with Crippen LogP contribution in [0.2, 0.25) is 0 Å². The quantitative estimate of drug-likeness (QED) is 0.240. The predicted molar refractivity (Wildman–Crippen MR) is 150 cm³/mol.